The lowest BCUT2D eigenvalue weighted by Gasteiger charge is -2.25. The number of aryl methyl sites for hydroxylation is 1. The van der Waals surface area contributed by atoms with Gasteiger partial charge >= 0.3 is 5.97 Å². The Bertz CT molecular complexity index is 464. The van der Waals surface area contributed by atoms with E-state index in [1.807, 2.05) is 0 Å². The molecule has 1 unspecified atom stereocenters. The molecule has 18 heavy (non-hydrogen) atoms. The number of nitrogens with zero attached hydrogens (tertiary/aromatic N) is 1. The third-order valence-electron chi connectivity index (χ3n) is 2.51. The van der Waals surface area contributed by atoms with Crippen LogP contribution in [-0.2, 0) is 9.59 Å². The highest BCUT2D eigenvalue weighted by atomic mass is 16.4. The van der Waals surface area contributed by atoms with Gasteiger partial charge in [0.05, 0.1) is 0 Å². The van der Waals surface area contributed by atoms with Gasteiger partial charge in [0.25, 0.3) is 0 Å². The molecule has 0 aliphatic carbocycles. The Kier molecular flexibility index (Phi) is 4.06. The van der Waals surface area contributed by atoms with Crippen molar-refractivity contribution in [3.05, 3.63) is 23.9 Å². The molecule has 1 aromatic rings. The maximum Gasteiger partial charge on any atom is 0.316 e. The number of amides is 1. The Labute approximate surface area is 106 Å². The Morgan fingerprint density at radius 3 is 2.39 bits per heavy atom. The molecule has 5 nitrogen and oxygen atoms in total. The molecule has 5 heteroatoms. The molecule has 1 heterocycles. The zero-order valence-corrected chi connectivity index (χ0v) is 11.0. The van der Waals surface area contributed by atoms with E-state index in [-0.39, 0.29) is 0 Å². The van der Waals surface area contributed by atoms with Crippen molar-refractivity contribution in [3.63, 3.8) is 0 Å². The maximum absolute atomic E-state index is 12.0. The summed E-state index contributed by atoms with van der Waals surface area (Å²) in [7, 11) is 0. The number of carboxylic acids is 1. The van der Waals surface area contributed by atoms with Crippen LogP contribution in [0.2, 0.25) is 0 Å². The predicted octanol–water partition coefficient (Wildman–Crippen LogP) is 2.08. The number of aromatic nitrogens is 1. The number of anilines is 1. The van der Waals surface area contributed by atoms with Gasteiger partial charge in [0.15, 0.2) is 0 Å². The fraction of sp³-hybridized carbons (Fsp3) is 0.462. The van der Waals surface area contributed by atoms with Gasteiger partial charge in [0, 0.05) is 5.69 Å². The van der Waals surface area contributed by atoms with Crippen LogP contribution < -0.4 is 5.32 Å². The van der Waals surface area contributed by atoms with Crippen molar-refractivity contribution in [3.8, 4) is 0 Å². The van der Waals surface area contributed by atoms with Gasteiger partial charge in [-0.25, -0.2) is 4.98 Å². The second-order valence-electron chi connectivity index (χ2n) is 5.29. The smallest absolute Gasteiger partial charge is 0.316 e. The highest BCUT2D eigenvalue weighted by Gasteiger charge is 2.37. The van der Waals surface area contributed by atoms with Crippen LogP contribution in [0.25, 0.3) is 0 Å². The Hall–Kier alpha value is -1.91. The van der Waals surface area contributed by atoms with Gasteiger partial charge in [-0.2, -0.15) is 0 Å². The first-order valence-electron chi connectivity index (χ1n) is 5.69. The number of rotatable bonds is 3. The fourth-order valence-corrected chi connectivity index (χ4v) is 1.69. The third kappa shape index (κ3) is 3.55. The van der Waals surface area contributed by atoms with Crippen molar-refractivity contribution in [2.75, 3.05) is 5.32 Å². The van der Waals surface area contributed by atoms with Crippen molar-refractivity contribution in [2.45, 2.75) is 27.7 Å². The SMILES string of the molecule is Cc1cccc(NC(=O)C(C(=O)O)C(C)(C)C)n1. The first-order chi connectivity index (χ1) is 8.21. The standard InChI is InChI=1S/C13H18N2O3/c1-8-6-5-7-9(14-8)15-11(16)10(12(17)18)13(2,3)4/h5-7,10H,1-4H3,(H,17,18)(H,14,15,16). The number of carbonyl (C=O) groups excluding carboxylic acids is 1. The molecular weight excluding hydrogens is 232 g/mol. The van der Waals surface area contributed by atoms with Gasteiger partial charge in [-0.1, -0.05) is 26.8 Å². The van der Waals surface area contributed by atoms with Crippen LogP contribution in [0.4, 0.5) is 5.82 Å². The summed E-state index contributed by atoms with van der Waals surface area (Å²) in [6, 6.07) is 5.19. The van der Waals surface area contributed by atoms with E-state index in [0.29, 0.717) is 5.82 Å². The fourth-order valence-electron chi connectivity index (χ4n) is 1.69. The minimum Gasteiger partial charge on any atom is -0.481 e. The van der Waals surface area contributed by atoms with Crippen molar-refractivity contribution >= 4 is 17.7 Å². The molecule has 1 amide bonds. The minimum atomic E-state index is -1.13. The molecule has 0 fully saturated rings. The summed E-state index contributed by atoms with van der Waals surface area (Å²) in [5.41, 5.74) is 0.107. The van der Waals surface area contributed by atoms with E-state index >= 15 is 0 Å². The topological polar surface area (TPSA) is 79.3 Å². The average Bonchev–Trinajstić information content (AvgIpc) is 2.13. The Morgan fingerprint density at radius 1 is 1.33 bits per heavy atom. The summed E-state index contributed by atoms with van der Waals surface area (Å²) in [6.07, 6.45) is 0. The molecule has 0 aromatic carbocycles. The second kappa shape index (κ2) is 5.16. The van der Waals surface area contributed by atoms with Crippen molar-refractivity contribution in [1.29, 1.82) is 0 Å². The van der Waals surface area contributed by atoms with Gasteiger partial charge in [-0.05, 0) is 24.5 Å². The lowest BCUT2D eigenvalue weighted by Crippen LogP contribution is -2.39. The van der Waals surface area contributed by atoms with E-state index in [1.54, 1.807) is 45.9 Å². The van der Waals surface area contributed by atoms with E-state index in [2.05, 4.69) is 10.3 Å². The zero-order chi connectivity index (χ0) is 13.9. The van der Waals surface area contributed by atoms with Gasteiger partial charge in [-0.3, -0.25) is 9.59 Å². The highest BCUT2D eigenvalue weighted by molar-refractivity contribution is 6.04. The number of hydrogen-bond donors (Lipinski definition) is 2. The van der Waals surface area contributed by atoms with Gasteiger partial charge in [0.2, 0.25) is 5.91 Å². The molecule has 98 valence electrons. The van der Waals surface area contributed by atoms with Gasteiger partial charge in [0.1, 0.15) is 11.7 Å². The van der Waals surface area contributed by atoms with Crippen LogP contribution in [0.1, 0.15) is 26.5 Å². The average molecular weight is 250 g/mol. The maximum atomic E-state index is 12.0. The molecule has 2 N–H and O–H groups in total. The van der Waals surface area contributed by atoms with E-state index < -0.39 is 23.2 Å². The second-order valence-corrected chi connectivity index (χ2v) is 5.29. The minimum absolute atomic E-state index is 0.371. The highest BCUT2D eigenvalue weighted by Crippen LogP contribution is 2.27. The molecule has 0 radical (unpaired) electrons. The summed E-state index contributed by atoms with van der Waals surface area (Å²) in [5.74, 6) is -2.42. The molecule has 0 spiro atoms. The molecule has 0 aliphatic rings. The molecule has 0 bridgehead atoms. The van der Waals surface area contributed by atoms with Crippen LogP contribution >= 0.6 is 0 Å². The summed E-state index contributed by atoms with van der Waals surface area (Å²) in [4.78, 5) is 27.3. The van der Waals surface area contributed by atoms with E-state index in [0.717, 1.165) is 5.69 Å². The molecule has 1 atom stereocenters. The van der Waals surface area contributed by atoms with Crippen molar-refractivity contribution in [1.82, 2.24) is 4.98 Å². The molecular formula is C13H18N2O3. The van der Waals surface area contributed by atoms with E-state index in [1.165, 1.54) is 0 Å². The zero-order valence-electron chi connectivity index (χ0n) is 11.0. The number of aliphatic carboxylic acids is 1. The van der Waals surface area contributed by atoms with Gasteiger partial charge < -0.3 is 10.4 Å². The molecule has 1 rings (SSSR count). The quantitative estimate of drug-likeness (QED) is 0.805. The van der Waals surface area contributed by atoms with Crippen LogP contribution in [0.15, 0.2) is 18.2 Å². The Balaban J connectivity index is 2.90. The molecule has 1 aromatic heterocycles. The number of nitrogens with one attached hydrogen (secondary N) is 1. The van der Waals surface area contributed by atoms with Crippen LogP contribution in [0, 0.1) is 18.3 Å². The largest absolute Gasteiger partial charge is 0.481 e. The molecule has 0 saturated carbocycles. The van der Waals surface area contributed by atoms with Crippen LogP contribution in [0.5, 0.6) is 0 Å². The number of carbonyl (C=O) groups is 2. The van der Waals surface area contributed by atoms with E-state index in [4.69, 9.17) is 5.11 Å². The van der Waals surface area contributed by atoms with Crippen LogP contribution in [0.3, 0.4) is 0 Å². The van der Waals surface area contributed by atoms with Gasteiger partial charge in [-0.15, -0.1) is 0 Å². The number of carboxylic acid groups (broad SMARTS) is 1. The Morgan fingerprint density at radius 2 is 1.94 bits per heavy atom. The summed E-state index contributed by atoms with van der Waals surface area (Å²) in [5, 5.41) is 11.7. The molecule has 0 aliphatic heterocycles. The predicted molar refractivity (Wildman–Crippen MR) is 68.2 cm³/mol. The molecule has 0 saturated heterocycles. The normalized spacial score (nSPS) is 12.9. The van der Waals surface area contributed by atoms with Crippen molar-refractivity contribution < 1.29 is 14.7 Å². The van der Waals surface area contributed by atoms with Crippen LogP contribution in [-0.4, -0.2) is 22.0 Å². The lowest BCUT2D eigenvalue weighted by atomic mass is 9.80. The summed E-state index contributed by atoms with van der Waals surface area (Å²) >= 11 is 0. The lowest BCUT2D eigenvalue weighted by molar-refractivity contribution is -0.149. The summed E-state index contributed by atoms with van der Waals surface area (Å²) in [6.45, 7) is 6.95. The number of pyridine rings is 1. The summed E-state index contributed by atoms with van der Waals surface area (Å²) < 4.78 is 0. The number of hydrogen-bond acceptors (Lipinski definition) is 3. The monoisotopic (exact) mass is 250 g/mol. The third-order valence-corrected chi connectivity index (χ3v) is 2.51. The first-order valence-corrected chi connectivity index (χ1v) is 5.69. The van der Waals surface area contributed by atoms with E-state index in [9.17, 15) is 9.59 Å². The van der Waals surface area contributed by atoms with Crippen molar-refractivity contribution in [2.24, 2.45) is 11.3 Å². The first kappa shape index (κ1) is 14.2.